The zero-order chi connectivity index (χ0) is 19.4. The molecule has 0 radical (unpaired) electrons. The van der Waals surface area contributed by atoms with E-state index in [4.69, 9.17) is 11.6 Å². The Morgan fingerprint density at radius 2 is 1.74 bits per heavy atom. The number of amides is 1. The highest BCUT2D eigenvalue weighted by Crippen LogP contribution is 2.23. The number of carbonyl (C=O) groups is 1. The summed E-state index contributed by atoms with van der Waals surface area (Å²) in [6, 6.07) is 13.4. The van der Waals surface area contributed by atoms with Gasteiger partial charge in [0.1, 0.15) is 0 Å². The highest BCUT2D eigenvalue weighted by Gasteiger charge is 2.26. The van der Waals surface area contributed by atoms with Gasteiger partial charge in [0.25, 0.3) is 5.69 Å². The number of non-ortho nitro benzene ring substituents is 1. The van der Waals surface area contributed by atoms with Crippen LogP contribution in [0.5, 0.6) is 0 Å². The first-order valence-corrected chi connectivity index (χ1v) is 9.12. The molecule has 1 aliphatic heterocycles. The van der Waals surface area contributed by atoms with Crippen LogP contribution in [0.15, 0.2) is 48.5 Å². The third-order valence-corrected chi connectivity index (χ3v) is 5.13. The molecule has 0 spiro atoms. The van der Waals surface area contributed by atoms with Gasteiger partial charge in [0.2, 0.25) is 5.91 Å². The van der Waals surface area contributed by atoms with Gasteiger partial charge in [0, 0.05) is 44.0 Å². The lowest BCUT2D eigenvalue weighted by atomic mass is 10.2. The van der Waals surface area contributed by atoms with Crippen molar-refractivity contribution in [1.29, 1.82) is 0 Å². The molecule has 1 aliphatic rings. The van der Waals surface area contributed by atoms with E-state index in [1.165, 1.54) is 12.1 Å². The number of piperazine rings is 1. The number of halogens is 1. The number of carbonyl (C=O) groups excluding carboxylic acids is 1. The topological polar surface area (TPSA) is 78.7 Å². The van der Waals surface area contributed by atoms with Crippen molar-refractivity contribution >= 4 is 34.6 Å². The fourth-order valence-electron chi connectivity index (χ4n) is 3.12. The number of nitro groups is 1. The van der Waals surface area contributed by atoms with Crippen molar-refractivity contribution in [3.05, 3.63) is 63.7 Å². The molecular formula is C19H21ClN4O3. The van der Waals surface area contributed by atoms with Crippen LogP contribution in [0.25, 0.3) is 0 Å². The van der Waals surface area contributed by atoms with E-state index in [0.29, 0.717) is 10.7 Å². The molecule has 3 rings (SSSR count). The summed E-state index contributed by atoms with van der Waals surface area (Å²) in [4.78, 5) is 27.2. The second-order valence-electron chi connectivity index (χ2n) is 6.44. The molecule has 0 aromatic heterocycles. The van der Waals surface area contributed by atoms with Crippen molar-refractivity contribution < 1.29 is 9.72 Å². The van der Waals surface area contributed by atoms with Crippen LogP contribution >= 0.6 is 11.6 Å². The molecule has 2 aromatic rings. The predicted molar refractivity (Wildman–Crippen MR) is 106 cm³/mol. The molecule has 0 saturated carbocycles. The maximum atomic E-state index is 12.5. The highest BCUT2D eigenvalue weighted by molar-refractivity contribution is 6.33. The Bertz CT molecular complexity index is 820. The molecule has 0 unspecified atom stereocenters. The molecule has 1 saturated heterocycles. The Morgan fingerprint density at radius 3 is 2.33 bits per heavy atom. The molecule has 27 heavy (non-hydrogen) atoms. The number of para-hydroxylation sites is 1. The van der Waals surface area contributed by atoms with Crippen molar-refractivity contribution in [3.8, 4) is 0 Å². The van der Waals surface area contributed by atoms with Gasteiger partial charge in [-0.15, -0.1) is 0 Å². The predicted octanol–water partition coefficient (Wildman–Crippen LogP) is 3.40. The van der Waals surface area contributed by atoms with E-state index in [2.05, 4.69) is 15.1 Å². The summed E-state index contributed by atoms with van der Waals surface area (Å²) in [6.45, 7) is 4.85. The maximum absolute atomic E-state index is 12.5. The fraction of sp³-hybridized carbons (Fsp3) is 0.316. The van der Waals surface area contributed by atoms with Gasteiger partial charge in [-0.3, -0.25) is 19.8 Å². The van der Waals surface area contributed by atoms with Gasteiger partial charge in [0.15, 0.2) is 0 Å². The van der Waals surface area contributed by atoms with Crippen LogP contribution in [0.1, 0.15) is 6.92 Å². The lowest BCUT2D eigenvalue weighted by Crippen LogP contribution is -2.52. The van der Waals surface area contributed by atoms with Crippen LogP contribution in [0.2, 0.25) is 5.02 Å². The number of hydrogen-bond acceptors (Lipinski definition) is 5. The summed E-state index contributed by atoms with van der Waals surface area (Å²) in [5.41, 5.74) is 1.65. The van der Waals surface area contributed by atoms with E-state index >= 15 is 0 Å². The molecule has 1 atom stereocenters. The molecule has 8 heteroatoms. The number of nitro benzene ring substituents is 1. The number of nitrogens with zero attached hydrogens (tertiary/aromatic N) is 3. The van der Waals surface area contributed by atoms with Gasteiger partial charge < -0.3 is 10.2 Å². The van der Waals surface area contributed by atoms with Crippen LogP contribution in [-0.2, 0) is 4.79 Å². The van der Waals surface area contributed by atoms with Crippen LogP contribution in [0.4, 0.5) is 17.1 Å². The van der Waals surface area contributed by atoms with Gasteiger partial charge in [-0.25, -0.2) is 0 Å². The van der Waals surface area contributed by atoms with E-state index < -0.39 is 4.92 Å². The van der Waals surface area contributed by atoms with Crippen molar-refractivity contribution in [3.63, 3.8) is 0 Å². The van der Waals surface area contributed by atoms with Crippen molar-refractivity contribution in [2.45, 2.75) is 13.0 Å². The molecule has 0 aliphatic carbocycles. The first-order valence-electron chi connectivity index (χ1n) is 8.74. The maximum Gasteiger partial charge on any atom is 0.269 e. The van der Waals surface area contributed by atoms with Crippen LogP contribution < -0.4 is 10.2 Å². The average Bonchev–Trinajstić information content (AvgIpc) is 2.69. The minimum Gasteiger partial charge on any atom is -0.369 e. The molecule has 1 amide bonds. The van der Waals surface area contributed by atoms with E-state index in [0.717, 1.165) is 31.9 Å². The van der Waals surface area contributed by atoms with Crippen molar-refractivity contribution in [1.82, 2.24) is 4.90 Å². The van der Waals surface area contributed by atoms with Crippen LogP contribution in [0, 0.1) is 10.1 Å². The van der Waals surface area contributed by atoms with Gasteiger partial charge in [-0.05, 0) is 31.2 Å². The zero-order valence-electron chi connectivity index (χ0n) is 15.0. The van der Waals surface area contributed by atoms with Gasteiger partial charge in [-0.1, -0.05) is 23.7 Å². The molecule has 0 bridgehead atoms. The minimum absolute atomic E-state index is 0.0854. The van der Waals surface area contributed by atoms with E-state index in [1.807, 2.05) is 19.1 Å². The number of hydrogen-bond donors (Lipinski definition) is 1. The third kappa shape index (κ3) is 4.56. The molecule has 1 heterocycles. The quantitative estimate of drug-likeness (QED) is 0.627. The van der Waals surface area contributed by atoms with Crippen molar-refractivity contribution in [2.75, 3.05) is 36.4 Å². The second-order valence-corrected chi connectivity index (χ2v) is 6.85. The van der Waals surface area contributed by atoms with E-state index in [-0.39, 0.29) is 17.6 Å². The summed E-state index contributed by atoms with van der Waals surface area (Å²) in [5, 5.41) is 14.2. The molecule has 2 aromatic carbocycles. The summed E-state index contributed by atoms with van der Waals surface area (Å²) in [7, 11) is 0. The molecule has 142 valence electrons. The van der Waals surface area contributed by atoms with E-state index in [1.54, 1.807) is 24.3 Å². The van der Waals surface area contributed by atoms with Crippen LogP contribution in [0.3, 0.4) is 0 Å². The summed E-state index contributed by atoms with van der Waals surface area (Å²) < 4.78 is 0. The largest absolute Gasteiger partial charge is 0.369 e. The number of nitrogens with one attached hydrogen (secondary N) is 1. The average molecular weight is 389 g/mol. The normalized spacial score (nSPS) is 16.0. The number of anilines is 2. The molecule has 1 N–H and O–H groups in total. The molecule has 1 fully saturated rings. The third-order valence-electron chi connectivity index (χ3n) is 4.80. The monoisotopic (exact) mass is 388 g/mol. The standard InChI is InChI=1S/C19H21ClN4O3/c1-14(19(25)21-18-5-3-2-4-17(18)20)22-10-12-23(13-11-22)15-6-8-16(9-7-15)24(26)27/h2-9,14H,10-13H2,1H3,(H,21,25)/t14-/m0/s1. The minimum atomic E-state index is -0.402. The zero-order valence-corrected chi connectivity index (χ0v) is 15.7. The Labute approximate surface area is 162 Å². The lowest BCUT2D eigenvalue weighted by Gasteiger charge is -2.38. The van der Waals surface area contributed by atoms with Gasteiger partial charge in [0.05, 0.1) is 21.7 Å². The first-order chi connectivity index (χ1) is 13.0. The van der Waals surface area contributed by atoms with Gasteiger partial charge >= 0.3 is 0 Å². The Hall–Kier alpha value is -2.64. The summed E-state index contributed by atoms with van der Waals surface area (Å²) >= 11 is 6.10. The second kappa shape index (κ2) is 8.37. The number of benzene rings is 2. The SMILES string of the molecule is C[C@@H](C(=O)Nc1ccccc1Cl)N1CCN(c2ccc([N+](=O)[O-])cc2)CC1. The Morgan fingerprint density at radius 1 is 1.11 bits per heavy atom. The molecular weight excluding hydrogens is 368 g/mol. The highest BCUT2D eigenvalue weighted by atomic mass is 35.5. The Kier molecular flexibility index (Phi) is 5.93. The fourth-order valence-corrected chi connectivity index (χ4v) is 3.30. The molecule has 7 nitrogen and oxygen atoms in total. The summed E-state index contributed by atoms with van der Waals surface area (Å²) in [6.07, 6.45) is 0. The first kappa shape index (κ1) is 19.1. The number of rotatable bonds is 5. The lowest BCUT2D eigenvalue weighted by molar-refractivity contribution is -0.384. The van der Waals surface area contributed by atoms with Crippen LogP contribution in [-0.4, -0.2) is 48.0 Å². The Balaban J connectivity index is 1.55. The van der Waals surface area contributed by atoms with E-state index in [9.17, 15) is 14.9 Å². The van der Waals surface area contributed by atoms with Crippen molar-refractivity contribution in [2.24, 2.45) is 0 Å². The van der Waals surface area contributed by atoms with Gasteiger partial charge in [-0.2, -0.15) is 0 Å². The smallest absolute Gasteiger partial charge is 0.269 e. The summed E-state index contributed by atoms with van der Waals surface area (Å²) in [5.74, 6) is -0.0908.